The van der Waals surface area contributed by atoms with Crippen molar-refractivity contribution in [3.63, 3.8) is 0 Å². The van der Waals surface area contributed by atoms with Crippen LogP contribution in [0.15, 0.2) is 0 Å². The van der Waals surface area contributed by atoms with Crippen LogP contribution in [-0.4, -0.2) is 30.3 Å². The Balaban J connectivity index is 2.39. The molecule has 2 atom stereocenters. The van der Waals surface area contributed by atoms with E-state index < -0.39 is 5.60 Å². The van der Waals surface area contributed by atoms with Gasteiger partial charge in [-0.05, 0) is 52.4 Å². The summed E-state index contributed by atoms with van der Waals surface area (Å²) in [4.78, 5) is 11.8. The summed E-state index contributed by atoms with van der Waals surface area (Å²) in [5, 5.41) is 6.51. The van der Waals surface area contributed by atoms with E-state index in [1.165, 1.54) is 12.8 Å². The van der Waals surface area contributed by atoms with Crippen molar-refractivity contribution in [2.45, 2.75) is 72.1 Å². The molecule has 2 unspecified atom stereocenters. The summed E-state index contributed by atoms with van der Waals surface area (Å²) in [6.45, 7) is 13.1. The Morgan fingerprint density at radius 1 is 1.26 bits per heavy atom. The fraction of sp³-hybridized carbons (Fsp3) is 0.933. The molecule has 1 saturated carbocycles. The van der Waals surface area contributed by atoms with Crippen LogP contribution in [0.5, 0.6) is 0 Å². The van der Waals surface area contributed by atoms with Crippen LogP contribution in [0.4, 0.5) is 4.79 Å². The van der Waals surface area contributed by atoms with Crippen LogP contribution in [0.25, 0.3) is 0 Å². The molecule has 0 aromatic rings. The molecule has 19 heavy (non-hydrogen) atoms. The number of rotatable bonds is 6. The number of carbonyl (C=O) groups excluding carboxylic acids is 1. The van der Waals surface area contributed by atoms with Gasteiger partial charge in [-0.25, -0.2) is 4.79 Å². The number of carbonyl (C=O) groups is 1. The van der Waals surface area contributed by atoms with Gasteiger partial charge >= 0.3 is 6.09 Å². The van der Waals surface area contributed by atoms with Gasteiger partial charge in [0.2, 0.25) is 0 Å². The van der Waals surface area contributed by atoms with Crippen LogP contribution in [0.1, 0.15) is 54.4 Å². The summed E-state index contributed by atoms with van der Waals surface area (Å²) in [5.41, 5.74) is -0.434. The van der Waals surface area contributed by atoms with E-state index >= 15 is 0 Å². The normalized spacial score (nSPS) is 19.1. The van der Waals surface area contributed by atoms with Crippen LogP contribution >= 0.6 is 0 Å². The highest BCUT2D eigenvalue weighted by atomic mass is 16.6. The first-order valence-electron chi connectivity index (χ1n) is 7.42. The molecule has 2 N–H and O–H groups in total. The molecule has 0 bridgehead atoms. The molecular formula is C15H30N2O2. The van der Waals surface area contributed by atoms with E-state index in [-0.39, 0.29) is 12.1 Å². The fourth-order valence-electron chi connectivity index (χ4n) is 1.84. The van der Waals surface area contributed by atoms with Crippen molar-refractivity contribution in [2.75, 3.05) is 6.54 Å². The van der Waals surface area contributed by atoms with Crippen molar-refractivity contribution in [3.05, 3.63) is 0 Å². The van der Waals surface area contributed by atoms with Crippen LogP contribution in [0.3, 0.4) is 0 Å². The molecule has 0 radical (unpaired) electrons. The predicted molar refractivity (Wildman–Crippen MR) is 78.2 cm³/mol. The van der Waals surface area contributed by atoms with Gasteiger partial charge in [0.05, 0.1) is 0 Å². The lowest BCUT2D eigenvalue weighted by molar-refractivity contribution is 0.0496. The average Bonchev–Trinajstić information content (AvgIpc) is 3.04. The molecule has 4 heteroatoms. The van der Waals surface area contributed by atoms with Crippen molar-refractivity contribution in [1.29, 1.82) is 0 Å². The highest BCUT2D eigenvalue weighted by molar-refractivity contribution is 5.68. The van der Waals surface area contributed by atoms with E-state index in [0.717, 1.165) is 6.54 Å². The van der Waals surface area contributed by atoms with E-state index in [9.17, 15) is 4.79 Å². The lowest BCUT2D eigenvalue weighted by atomic mass is 10.1. The van der Waals surface area contributed by atoms with Gasteiger partial charge in [0.1, 0.15) is 5.60 Å². The van der Waals surface area contributed by atoms with Gasteiger partial charge in [0.25, 0.3) is 0 Å². The van der Waals surface area contributed by atoms with Gasteiger partial charge in [-0.2, -0.15) is 0 Å². The first-order valence-corrected chi connectivity index (χ1v) is 7.42. The van der Waals surface area contributed by atoms with E-state index in [4.69, 9.17) is 4.74 Å². The van der Waals surface area contributed by atoms with Gasteiger partial charge in [-0.1, -0.05) is 13.8 Å². The van der Waals surface area contributed by atoms with E-state index in [1.807, 2.05) is 20.8 Å². The van der Waals surface area contributed by atoms with Gasteiger partial charge in [0.15, 0.2) is 0 Å². The molecule has 1 amide bonds. The van der Waals surface area contributed by atoms with Gasteiger partial charge in [-0.15, -0.1) is 0 Å². The standard InChI is InChI=1S/C15H30N2O2/c1-10(2)11(3)16-9-13(12-7-8-12)17-14(18)19-15(4,5)6/h10-13,16H,7-9H2,1-6H3,(H,17,18). The largest absolute Gasteiger partial charge is 0.444 e. The van der Waals surface area contributed by atoms with Crippen molar-refractivity contribution in [3.8, 4) is 0 Å². The maximum absolute atomic E-state index is 11.8. The fourth-order valence-corrected chi connectivity index (χ4v) is 1.84. The first-order chi connectivity index (χ1) is 8.69. The smallest absolute Gasteiger partial charge is 0.407 e. The highest BCUT2D eigenvalue weighted by Gasteiger charge is 2.33. The number of alkyl carbamates (subject to hydrolysis) is 1. The van der Waals surface area contributed by atoms with Crippen LogP contribution in [0.2, 0.25) is 0 Å². The van der Waals surface area contributed by atoms with E-state index in [1.54, 1.807) is 0 Å². The quantitative estimate of drug-likeness (QED) is 0.780. The molecule has 0 saturated heterocycles. The number of hydrogen-bond donors (Lipinski definition) is 2. The number of hydrogen-bond acceptors (Lipinski definition) is 3. The molecular weight excluding hydrogens is 240 g/mol. The second-order valence-corrected chi connectivity index (χ2v) is 7.03. The second kappa shape index (κ2) is 6.60. The molecule has 1 aliphatic rings. The van der Waals surface area contributed by atoms with Gasteiger partial charge < -0.3 is 15.4 Å². The third kappa shape index (κ3) is 6.81. The van der Waals surface area contributed by atoms with Crippen LogP contribution in [0, 0.1) is 11.8 Å². The Hall–Kier alpha value is -0.770. The summed E-state index contributed by atoms with van der Waals surface area (Å²) >= 11 is 0. The molecule has 0 aromatic carbocycles. The summed E-state index contributed by atoms with van der Waals surface area (Å²) in [5.74, 6) is 1.21. The SMILES string of the molecule is CC(C)C(C)NCC(NC(=O)OC(C)(C)C)C1CC1. The van der Waals surface area contributed by atoms with E-state index in [2.05, 4.69) is 31.4 Å². The van der Waals surface area contributed by atoms with Crippen molar-refractivity contribution >= 4 is 6.09 Å². The lowest BCUT2D eigenvalue weighted by Gasteiger charge is -2.26. The molecule has 112 valence electrons. The Kier molecular flexibility index (Phi) is 5.65. The maximum Gasteiger partial charge on any atom is 0.407 e. The molecule has 1 rings (SSSR count). The summed E-state index contributed by atoms with van der Waals surface area (Å²) < 4.78 is 5.32. The predicted octanol–water partition coefficient (Wildman–Crippen LogP) is 2.92. The number of amides is 1. The Morgan fingerprint density at radius 2 is 1.84 bits per heavy atom. The minimum atomic E-state index is -0.434. The molecule has 0 aromatic heterocycles. The number of ether oxygens (including phenoxy) is 1. The van der Waals surface area contributed by atoms with Crippen LogP contribution < -0.4 is 10.6 Å². The molecule has 0 heterocycles. The van der Waals surface area contributed by atoms with Crippen molar-refractivity contribution in [2.24, 2.45) is 11.8 Å². The monoisotopic (exact) mass is 270 g/mol. The minimum absolute atomic E-state index is 0.191. The molecule has 1 fully saturated rings. The summed E-state index contributed by atoms with van der Waals surface area (Å²) in [7, 11) is 0. The first kappa shape index (κ1) is 16.3. The minimum Gasteiger partial charge on any atom is -0.444 e. The zero-order chi connectivity index (χ0) is 14.6. The molecule has 4 nitrogen and oxygen atoms in total. The third-order valence-corrected chi connectivity index (χ3v) is 3.55. The van der Waals surface area contributed by atoms with Gasteiger partial charge in [-0.3, -0.25) is 0 Å². The van der Waals surface area contributed by atoms with Crippen LogP contribution in [-0.2, 0) is 4.74 Å². The van der Waals surface area contributed by atoms with Gasteiger partial charge in [0, 0.05) is 18.6 Å². The second-order valence-electron chi connectivity index (χ2n) is 7.03. The molecule has 0 aliphatic heterocycles. The topological polar surface area (TPSA) is 50.4 Å². The number of nitrogens with one attached hydrogen (secondary N) is 2. The molecule has 0 spiro atoms. The van der Waals surface area contributed by atoms with Crippen molar-refractivity contribution < 1.29 is 9.53 Å². The average molecular weight is 270 g/mol. The molecule has 1 aliphatic carbocycles. The zero-order valence-electron chi connectivity index (χ0n) is 13.2. The van der Waals surface area contributed by atoms with Crippen molar-refractivity contribution in [1.82, 2.24) is 10.6 Å². The lowest BCUT2D eigenvalue weighted by Crippen LogP contribution is -2.47. The summed E-state index contributed by atoms with van der Waals surface area (Å²) in [6, 6.07) is 0.651. The van der Waals surface area contributed by atoms with E-state index in [0.29, 0.717) is 17.9 Å². The third-order valence-electron chi connectivity index (χ3n) is 3.55. The zero-order valence-corrected chi connectivity index (χ0v) is 13.2. The Morgan fingerprint density at radius 3 is 2.26 bits per heavy atom. The summed E-state index contributed by atoms with van der Waals surface area (Å²) in [6.07, 6.45) is 2.11. The highest BCUT2D eigenvalue weighted by Crippen LogP contribution is 2.32. The Bertz CT molecular complexity index is 293. The maximum atomic E-state index is 11.8. The Labute approximate surface area is 117 Å².